The molecule has 1 N–H and O–H groups in total. The molecule has 0 aromatic carbocycles. The Morgan fingerprint density at radius 3 is 2.13 bits per heavy atom. The van der Waals surface area contributed by atoms with Crippen LogP contribution in [0.25, 0.3) is 0 Å². The van der Waals surface area contributed by atoms with E-state index in [1.54, 1.807) is 0 Å². The smallest absolute Gasteiger partial charge is 0.0443 e. The van der Waals surface area contributed by atoms with E-state index in [1.165, 1.54) is 19.3 Å². The van der Waals surface area contributed by atoms with Gasteiger partial charge in [-0.3, -0.25) is 0 Å². The zero-order chi connectivity index (χ0) is 11.5. The highest BCUT2D eigenvalue weighted by Crippen LogP contribution is 2.06. The van der Waals surface area contributed by atoms with Crippen LogP contribution in [0, 0.1) is 0 Å². The Balaban J connectivity index is 3.48. The van der Waals surface area contributed by atoms with E-state index < -0.39 is 0 Å². The van der Waals surface area contributed by atoms with Crippen LogP contribution in [0.2, 0.25) is 0 Å². The Morgan fingerprint density at radius 1 is 1.00 bits per heavy atom. The lowest BCUT2D eigenvalue weighted by Gasteiger charge is -2.26. The molecular weight excluding hydrogens is 210 g/mol. The second kappa shape index (κ2) is 10.7. The van der Waals surface area contributed by atoms with Crippen molar-refractivity contribution in [3.8, 4) is 0 Å². The maximum absolute atomic E-state index is 8.80. The topological polar surface area (TPSA) is 23.5 Å². The summed E-state index contributed by atoms with van der Waals surface area (Å²) in [6.07, 6.45) is 5.80. The van der Waals surface area contributed by atoms with E-state index in [2.05, 4.69) is 18.7 Å². The van der Waals surface area contributed by atoms with Crippen molar-refractivity contribution >= 4 is 11.6 Å². The van der Waals surface area contributed by atoms with Crippen molar-refractivity contribution in [2.75, 3.05) is 25.6 Å². The number of nitrogens with zero attached hydrogens (tertiary/aromatic N) is 1. The summed E-state index contributed by atoms with van der Waals surface area (Å²) in [4.78, 5) is 2.44. The first-order chi connectivity index (χ1) is 7.22. The van der Waals surface area contributed by atoms with Crippen LogP contribution in [0.4, 0.5) is 0 Å². The summed E-state index contributed by atoms with van der Waals surface area (Å²) >= 11 is 5.62. The molecule has 0 radical (unpaired) electrons. The molecule has 0 saturated heterocycles. The number of unbranched alkanes of at least 4 members (excludes halogenated alkanes) is 3. The molecule has 0 bridgehead atoms. The number of halogens is 1. The Bertz CT molecular complexity index is 131. The first kappa shape index (κ1) is 15.2. The van der Waals surface area contributed by atoms with Gasteiger partial charge in [0.05, 0.1) is 0 Å². The summed E-state index contributed by atoms with van der Waals surface area (Å²) in [6.45, 7) is 6.91. The van der Waals surface area contributed by atoms with Gasteiger partial charge in [-0.05, 0) is 39.7 Å². The molecule has 0 amide bonds. The molecule has 0 aromatic heterocycles. The summed E-state index contributed by atoms with van der Waals surface area (Å²) in [6, 6.07) is 0.588. The van der Waals surface area contributed by atoms with E-state index >= 15 is 0 Å². The number of aliphatic hydroxyl groups excluding tert-OH is 1. The number of hydrogen-bond acceptors (Lipinski definition) is 2. The van der Waals surface area contributed by atoms with Crippen molar-refractivity contribution in [2.45, 2.75) is 52.0 Å². The van der Waals surface area contributed by atoms with Gasteiger partial charge in [0.2, 0.25) is 0 Å². The van der Waals surface area contributed by atoms with Gasteiger partial charge in [-0.2, -0.15) is 0 Å². The monoisotopic (exact) mass is 235 g/mol. The molecule has 0 unspecified atom stereocenters. The molecule has 3 heteroatoms. The van der Waals surface area contributed by atoms with Gasteiger partial charge in [-0.15, -0.1) is 11.6 Å². The minimum atomic E-state index is 0.301. The van der Waals surface area contributed by atoms with E-state index in [0.29, 0.717) is 12.6 Å². The van der Waals surface area contributed by atoms with Gasteiger partial charge in [0.25, 0.3) is 0 Å². The predicted octanol–water partition coefficient (Wildman–Crippen LogP) is 2.88. The second-order valence-corrected chi connectivity index (χ2v) is 4.69. The summed E-state index contributed by atoms with van der Waals surface area (Å²) < 4.78 is 0. The Hall–Kier alpha value is 0.210. The molecule has 0 atom stereocenters. The van der Waals surface area contributed by atoms with Crippen LogP contribution in [0.3, 0.4) is 0 Å². The third kappa shape index (κ3) is 9.16. The fourth-order valence-corrected chi connectivity index (χ4v) is 1.85. The molecule has 0 aliphatic rings. The third-order valence-corrected chi connectivity index (χ3v) is 2.93. The maximum Gasteiger partial charge on any atom is 0.0443 e. The Kier molecular flexibility index (Phi) is 10.9. The van der Waals surface area contributed by atoms with E-state index in [9.17, 15) is 0 Å². The fourth-order valence-electron chi connectivity index (χ4n) is 1.66. The second-order valence-electron chi connectivity index (χ2n) is 4.31. The number of aliphatic hydroxyl groups is 1. The molecular formula is C12H26ClNO. The highest BCUT2D eigenvalue weighted by molar-refractivity contribution is 6.17. The lowest BCUT2D eigenvalue weighted by atomic mass is 10.2. The van der Waals surface area contributed by atoms with Crippen LogP contribution < -0.4 is 0 Å². The first-order valence-electron chi connectivity index (χ1n) is 6.13. The minimum absolute atomic E-state index is 0.301. The fraction of sp³-hybridized carbons (Fsp3) is 1.00. The van der Waals surface area contributed by atoms with Gasteiger partial charge in [0, 0.05) is 25.1 Å². The molecule has 0 aliphatic carbocycles. The SMILES string of the molecule is CC(C)N(CCCO)CCCCCCCl. The largest absolute Gasteiger partial charge is 0.396 e. The van der Waals surface area contributed by atoms with E-state index in [-0.39, 0.29) is 0 Å². The van der Waals surface area contributed by atoms with Gasteiger partial charge in [-0.1, -0.05) is 12.8 Å². The highest BCUT2D eigenvalue weighted by atomic mass is 35.5. The zero-order valence-corrected chi connectivity index (χ0v) is 11.0. The van der Waals surface area contributed by atoms with E-state index in [1.807, 2.05) is 0 Å². The van der Waals surface area contributed by atoms with Crippen molar-refractivity contribution in [3.05, 3.63) is 0 Å². The number of rotatable bonds is 10. The van der Waals surface area contributed by atoms with Gasteiger partial charge in [0.15, 0.2) is 0 Å². The maximum atomic E-state index is 8.80. The summed E-state index contributed by atoms with van der Waals surface area (Å²) in [5.41, 5.74) is 0. The van der Waals surface area contributed by atoms with E-state index in [0.717, 1.165) is 31.8 Å². The van der Waals surface area contributed by atoms with E-state index in [4.69, 9.17) is 16.7 Å². The average molecular weight is 236 g/mol. The molecule has 0 heterocycles. The van der Waals surface area contributed by atoms with Crippen LogP contribution in [0.5, 0.6) is 0 Å². The van der Waals surface area contributed by atoms with Gasteiger partial charge >= 0.3 is 0 Å². The van der Waals surface area contributed by atoms with Crippen molar-refractivity contribution in [3.63, 3.8) is 0 Å². The third-order valence-electron chi connectivity index (χ3n) is 2.66. The molecule has 0 saturated carbocycles. The highest BCUT2D eigenvalue weighted by Gasteiger charge is 2.07. The van der Waals surface area contributed by atoms with Crippen molar-refractivity contribution in [1.29, 1.82) is 0 Å². The molecule has 0 fully saturated rings. The summed E-state index contributed by atoms with van der Waals surface area (Å²) in [5.74, 6) is 0.790. The van der Waals surface area contributed by atoms with Gasteiger partial charge in [-0.25, -0.2) is 0 Å². The van der Waals surface area contributed by atoms with Crippen molar-refractivity contribution < 1.29 is 5.11 Å². The van der Waals surface area contributed by atoms with Crippen LogP contribution in [-0.2, 0) is 0 Å². The number of alkyl halides is 1. The predicted molar refractivity (Wildman–Crippen MR) is 67.6 cm³/mol. The van der Waals surface area contributed by atoms with Crippen LogP contribution in [0.15, 0.2) is 0 Å². The number of hydrogen-bond donors (Lipinski definition) is 1. The van der Waals surface area contributed by atoms with Crippen LogP contribution in [0.1, 0.15) is 46.0 Å². The standard InChI is InChI=1S/C12H26ClNO/c1-12(2)14(10-7-11-15)9-6-4-3-5-8-13/h12,15H,3-11H2,1-2H3. The quantitative estimate of drug-likeness (QED) is 0.465. The summed E-state index contributed by atoms with van der Waals surface area (Å²) in [7, 11) is 0. The summed E-state index contributed by atoms with van der Waals surface area (Å²) in [5, 5.41) is 8.80. The molecule has 0 aromatic rings. The molecule has 2 nitrogen and oxygen atoms in total. The molecule has 15 heavy (non-hydrogen) atoms. The minimum Gasteiger partial charge on any atom is -0.396 e. The molecule has 0 rings (SSSR count). The average Bonchev–Trinajstić information content (AvgIpc) is 2.21. The molecule has 92 valence electrons. The van der Waals surface area contributed by atoms with Crippen molar-refractivity contribution in [1.82, 2.24) is 4.90 Å². The lowest BCUT2D eigenvalue weighted by Crippen LogP contribution is -2.33. The molecule has 0 aliphatic heterocycles. The van der Waals surface area contributed by atoms with Crippen LogP contribution in [-0.4, -0.2) is 41.6 Å². The zero-order valence-electron chi connectivity index (χ0n) is 10.2. The van der Waals surface area contributed by atoms with Gasteiger partial charge < -0.3 is 10.0 Å². The first-order valence-corrected chi connectivity index (χ1v) is 6.66. The van der Waals surface area contributed by atoms with Gasteiger partial charge in [0.1, 0.15) is 0 Å². The Morgan fingerprint density at radius 2 is 1.60 bits per heavy atom. The van der Waals surface area contributed by atoms with Crippen molar-refractivity contribution in [2.24, 2.45) is 0 Å². The normalized spacial score (nSPS) is 11.6. The lowest BCUT2D eigenvalue weighted by molar-refractivity contribution is 0.188. The molecule has 0 spiro atoms. The van der Waals surface area contributed by atoms with Crippen LogP contribution >= 0.6 is 11.6 Å². The Labute approximate surface area is 99.6 Å².